The van der Waals surface area contributed by atoms with Gasteiger partial charge in [0.05, 0.1) is 17.7 Å². The van der Waals surface area contributed by atoms with Crippen LogP contribution in [0.2, 0.25) is 0 Å². The summed E-state index contributed by atoms with van der Waals surface area (Å²) >= 11 is 0. The van der Waals surface area contributed by atoms with E-state index in [-0.39, 0.29) is 18.1 Å². The van der Waals surface area contributed by atoms with Gasteiger partial charge in [-0.1, -0.05) is 0 Å². The predicted octanol–water partition coefficient (Wildman–Crippen LogP) is 3.16. The van der Waals surface area contributed by atoms with Crippen molar-refractivity contribution < 1.29 is 19.0 Å². The Labute approximate surface area is 159 Å². The van der Waals surface area contributed by atoms with E-state index in [1.165, 1.54) is 0 Å². The van der Waals surface area contributed by atoms with Gasteiger partial charge in [-0.05, 0) is 51.8 Å². The molecule has 1 saturated heterocycles. The number of amides is 1. The summed E-state index contributed by atoms with van der Waals surface area (Å²) in [7, 11) is 0. The zero-order chi connectivity index (χ0) is 19.0. The fourth-order valence-electron chi connectivity index (χ4n) is 3.94. The normalized spacial score (nSPS) is 19.7. The minimum Gasteiger partial charge on any atom is -0.486 e. The second kappa shape index (κ2) is 7.27. The van der Waals surface area contributed by atoms with Crippen molar-refractivity contribution in [2.75, 3.05) is 19.8 Å². The maximum absolute atomic E-state index is 12.8. The average molecular weight is 370 g/mol. The van der Waals surface area contributed by atoms with Crippen molar-refractivity contribution in [2.24, 2.45) is 0 Å². The van der Waals surface area contributed by atoms with Gasteiger partial charge in [0, 0.05) is 29.7 Å². The van der Waals surface area contributed by atoms with Crippen LogP contribution < -0.4 is 14.8 Å². The highest BCUT2D eigenvalue weighted by Crippen LogP contribution is 2.33. The second-order valence-electron chi connectivity index (χ2n) is 7.26. The molecule has 6 nitrogen and oxygen atoms in total. The number of hydrogen-bond acceptors (Lipinski definition) is 4. The van der Waals surface area contributed by atoms with Crippen LogP contribution in [0.1, 0.15) is 41.5 Å². The molecule has 6 heteroatoms. The molecule has 1 aromatic carbocycles. The Morgan fingerprint density at radius 2 is 1.93 bits per heavy atom. The SMILES string of the molecule is Cc1cc(C(=O)N[C@H](C)[C@H]2CCCO2)c(C)n1-c1ccc2c(c1)OCCO2. The zero-order valence-electron chi connectivity index (χ0n) is 16.1. The van der Waals surface area contributed by atoms with Gasteiger partial charge in [0.25, 0.3) is 5.91 Å². The number of ether oxygens (including phenoxy) is 3. The number of aromatic nitrogens is 1. The maximum Gasteiger partial charge on any atom is 0.253 e. The van der Waals surface area contributed by atoms with Crippen LogP contribution in [-0.4, -0.2) is 42.4 Å². The van der Waals surface area contributed by atoms with Crippen molar-refractivity contribution in [1.29, 1.82) is 0 Å². The summed E-state index contributed by atoms with van der Waals surface area (Å²) in [5.41, 5.74) is 3.55. The predicted molar refractivity (Wildman–Crippen MR) is 102 cm³/mol. The van der Waals surface area contributed by atoms with E-state index in [1.54, 1.807) is 0 Å². The van der Waals surface area contributed by atoms with Crippen LogP contribution in [0.3, 0.4) is 0 Å². The highest BCUT2D eigenvalue weighted by atomic mass is 16.6. The van der Waals surface area contributed by atoms with Gasteiger partial charge in [-0.15, -0.1) is 0 Å². The van der Waals surface area contributed by atoms with Gasteiger partial charge >= 0.3 is 0 Å². The molecule has 1 aromatic heterocycles. The monoisotopic (exact) mass is 370 g/mol. The number of benzene rings is 1. The fraction of sp³-hybridized carbons (Fsp3) is 0.476. The molecule has 1 N–H and O–H groups in total. The maximum atomic E-state index is 12.8. The summed E-state index contributed by atoms with van der Waals surface area (Å²) in [5.74, 6) is 1.44. The highest BCUT2D eigenvalue weighted by Gasteiger charge is 2.26. The molecule has 2 aromatic rings. The van der Waals surface area contributed by atoms with E-state index in [0.717, 1.165) is 48.0 Å². The molecule has 1 fully saturated rings. The van der Waals surface area contributed by atoms with Gasteiger partial charge in [0.15, 0.2) is 11.5 Å². The van der Waals surface area contributed by atoms with Crippen LogP contribution in [0.25, 0.3) is 5.69 Å². The molecule has 0 spiro atoms. The highest BCUT2D eigenvalue weighted by molar-refractivity contribution is 5.96. The largest absolute Gasteiger partial charge is 0.486 e. The molecule has 4 rings (SSSR count). The molecule has 0 saturated carbocycles. The third-order valence-corrected chi connectivity index (χ3v) is 5.34. The lowest BCUT2D eigenvalue weighted by atomic mass is 10.1. The fourth-order valence-corrected chi connectivity index (χ4v) is 3.94. The Morgan fingerprint density at radius 1 is 1.15 bits per heavy atom. The summed E-state index contributed by atoms with van der Waals surface area (Å²) in [6, 6.07) is 7.80. The van der Waals surface area contributed by atoms with E-state index < -0.39 is 0 Å². The minimum atomic E-state index is -0.0603. The van der Waals surface area contributed by atoms with Gasteiger partial charge in [0.2, 0.25) is 0 Å². The number of carbonyl (C=O) groups is 1. The Kier molecular flexibility index (Phi) is 4.83. The van der Waals surface area contributed by atoms with Crippen molar-refractivity contribution in [3.63, 3.8) is 0 Å². The van der Waals surface area contributed by atoms with E-state index in [4.69, 9.17) is 14.2 Å². The number of hydrogen-bond donors (Lipinski definition) is 1. The molecule has 2 atom stereocenters. The summed E-state index contributed by atoms with van der Waals surface area (Å²) in [6.07, 6.45) is 2.16. The summed E-state index contributed by atoms with van der Waals surface area (Å²) < 4.78 is 19.1. The smallest absolute Gasteiger partial charge is 0.253 e. The molecule has 27 heavy (non-hydrogen) atoms. The Hall–Kier alpha value is -2.47. The van der Waals surface area contributed by atoms with E-state index >= 15 is 0 Å². The van der Waals surface area contributed by atoms with E-state index in [1.807, 2.05) is 45.0 Å². The third kappa shape index (κ3) is 3.41. The van der Waals surface area contributed by atoms with Crippen molar-refractivity contribution in [3.05, 3.63) is 41.2 Å². The van der Waals surface area contributed by atoms with Crippen LogP contribution in [0.5, 0.6) is 11.5 Å². The molecule has 3 heterocycles. The van der Waals surface area contributed by atoms with Crippen LogP contribution in [0.15, 0.2) is 24.3 Å². The number of nitrogens with one attached hydrogen (secondary N) is 1. The van der Waals surface area contributed by atoms with Crippen LogP contribution in [0.4, 0.5) is 0 Å². The van der Waals surface area contributed by atoms with Crippen LogP contribution >= 0.6 is 0 Å². The van der Waals surface area contributed by atoms with E-state index in [9.17, 15) is 4.79 Å². The first-order valence-corrected chi connectivity index (χ1v) is 9.56. The molecular weight excluding hydrogens is 344 g/mol. The van der Waals surface area contributed by atoms with Gasteiger partial charge in [0.1, 0.15) is 13.2 Å². The molecule has 0 radical (unpaired) electrons. The first-order valence-electron chi connectivity index (χ1n) is 9.56. The van der Waals surface area contributed by atoms with Crippen LogP contribution in [0, 0.1) is 13.8 Å². The molecular formula is C21H26N2O4. The topological polar surface area (TPSA) is 61.7 Å². The molecule has 2 aliphatic rings. The van der Waals surface area contributed by atoms with Gasteiger partial charge in [-0.3, -0.25) is 4.79 Å². The summed E-state index contributed by atoms with van der Waals surface area (Å²) in [6.45, 7) is 7.88. The lowest BCUT2D eigenvalue weighted by molar-refractivity contribution is 0.0712. The van der Waals surface area contributed by atoms with Crippen molar-refractivity contribution in [3.8, 4) is 17.2 Å². The Bertz CT molecular complexity index is 852. The Morgan fingerprint density at radius 3 is 2.67 bits per heavy atom. The van der Waals surface area contributed by atoms with Crippen molar-refractivity contribution in [1.82, 2.24) is 9.88 Å². The number of fused-ring (bicyclic) bond motifs is 1. The number of rotatable bonds is 4. The average Bonchev–Trinajstić information content (AvgIpc) is 3.30. The van der Waals surface area contributed by atoms with E-state index in [0.29, 0.717) is 18.8 Å². The second-order valence-corrected chi connectivity index (χ2v) is 7.26. The van der Waals surface area contributed by atoms with Crippen molar-refractivity contribution in [2.45, 2.75) is 45.8 Å². The number of nitrogens with zero attached hydrogens (tertiary/aromatic N) is 1. The third-order valence-electron chi connectivity index (χ3n) is 5.34. The standard InChI is InChI=1S/C21H26N2O4/c1-13-11-17(21(24)22-14(2)18-5-4-8-25-18)15(3)23(13)16-6-7-19-20(12-16)27-10-9-26-19/h6-7,11-12,14,18H,4-5,8-10H2,1-3H3,(H,22,24)/t14-,18-/m1/s1. The first-order chi connectivity index (χ1) is 13.0. The lowest BCUT2D eigenvalue weighted by Gasteiger charge is -2.20. The summed E-state index contributed by atoms with van der Waals surface area (Å²) in [4.78, 5) is 12.8. The molecule has 0 bridgehead atoms. The van der Waals surface area contributed by atoms with Crippen LogP contribution in [-0.2, 0) is 4.74 Å². The first kappa shape index (κ1) is 17.9. The molecule has 2 aliphatic heterocycles. The zero-order valence-corrected chi connectivity index (χ0v) is 16.1. The quantitative estimate of drug-likeness (QED) is 0.898. The van der Waals surface area contributed by atoms with Crippen molar-refractivity contribution >= 4 is 5.91 Å². The molecule has 144 valence electrons. The van der Waals surface area contributed by atoms with Gasteiger partial charge in [-0.25, -0.2) is 0 Å². The molecule has 0 aliphatic carbocycles. The number of aryl methyl sites for hydroxylation is 1. The van der Waals surface area contributed by atoms with Gasteiger partial charge < -0.3 is 24.1 Å². The molecule has 1 amide bonds. The minimum absolute atomic E-state index is 0.00245. The number of carbonyl (C=O) groups excluding carboxylic acids is 1. The van der Waals surface area contributed by atoms with Gasteiger partial charge in [-0.2, -0.15) is 0 Å². The molecule has 0 unspecified atom stereocenters. The Balaban J connectivity index is 1.59. The van der Waals surface area contributed by atoms with E-state index in [2.05, 4.69) is 9.88 Å². The lowest BCUT2D eigenvalue weighted by Crippen LogP contribution is -2.40. The summed E-state index contributed by atoms with van der Waals surface area (Å²) in [5, 5.41) is 3.10.